The molecule has 5 rings (SSSR count). The van der Waals surface area contributed by atoms with E-state index in [0.717, 1.165) is 20.1 Å². The molecule has 0 unspecified atom stereocenters. The van der Waals surface area contributed by atoms with E-state index in [1.807, 2.05) is 60.7 Å². The Kier molecular flexibility index (Phi) is 8.49. The van der Waals surface area contributed by atoms with Gasteiger partial charge in [0.25, 0.3) is 11.6 Å². The highest BCUT2D eigenvalue weighted by Crippen LogP contribution is 2.34. The van der Waals surface area contributed by atoms with Gasteiger partial charge in [-0.3, -0.25) is 14.9 Å². The third kappa shape index (κ3) is 6.49. The van der Waals surface area contributed by atoms with Crippen LogP contribution >= 0.6 is 22.6 Å². The lowest BCUT2D eigenvalue weighted by Gasteiger charge is -2.13. The third-order valence-electron chi connectivity index (χ3n) is 6.19. The molecular formula is C31H23IN4O5. The van der Waals surface area contributed by atoms with Gasteiger partial charge in [-0.15, -0.1) is 0 Å². The van der Waals surface area contributed by atoms with E-state index in [1.54, 1.807) is 24.3 Å². The summed E-state index contributed by atoms with van der Waals surface area (Å²) in [6, 6.07) is 28.7. The number of non-ortho nitro benzene ring substituents is 1. The Balaban J connectivity index is 1.32. The fourth-order valence-corrected chi connectivity index (χ4v) is 4.95. The highest BCUT2D eigenvalue weighted by molar-refractivity contribution is 14.1. The monoisotopic (exact) mass is 658 g/mol. The van der Waals surface area contributed by atoms with Crippen LogP contribution in [0.15, 0.2) is 102 Å². The summed E-state index contributed by atoms with van der Waals surface area (Å²) in [5, 5.41) is 15.8. The molecule has 1 aromatic heterocycles. The summed E-state index contributed by atoms with van der Waals surface area (Å²) < 4.78 is 12.3. The molecule has 0 saturated heterocycles. The van der Waals surface area contributed by atoms with Crippen molar-refractivity contribution in [1.29, 1.82) is 0 Å². The van der Waals surface area contributed by atoms with Crippen LogP contribution in [-0.2, 0) is 6.61 Å². The van der Waals surface area contributed by atoms with Crippen molar-refractivity contribution in [1.82, 2.24) is 10.4 Å². The van der Waals surface area contributed by atoms with E-state index in [1.165, 1.54) is 25.5 Å². The smallest absolute Gasteiger partial charge is 0.272 e. The summed E-state index contributed by atoms with van der Waals surface area (Å²) in [5.74, 6) is 0.658. The van der Waals surface area contributed by atoms with Gasteiger partial charge < -0.3 is 9.47 Å². The SMILES string of the molecule is COc1cc(/C=N/NC(=O)c2cc(-c3ccccc3)nc3ccccc23)cc(I)c1OCc1ccc([N+](=O)[O-])cc1. The molecule has 0 bridgehead atoms. The molecule has 0 spiro atoms. The Labute approximate surface area is 249 Å². The predicted octanol–water partition coefficient (Wildman–Crippen LogP) is 6.77. The molecule has 0 radical (unpaired) electrons. The van der Waals surface area contributed by atoms with Crippen molar-refractivity contribution in [3.8, 4) is 22.8 Å². The molecule has 1 amide bonds. The van der Waals surface area contributed by atoms with E-state index in [2.05, 4.69) is 33.1 Å². The summed E-state index contributed by atoms with van der Waals surface area (Å²) in [6.45, 7) is 0.207. The zero-order valence-corrected chi connectivity index (χ0v) is 23.9. The van der Waals surface area contributed by atoms with Gasteiger partial charge in [-0.2, -0.15) is 5.10 Å². The molecule has 1 heterocycles. The van der Waals surface area contributed by atoms with Crippen molar-refractivity contribution >= 4 is 51.3 Å². The topological polar surface area (TPSA) is 116 Å². The van der Waals surface area contributed by atoms with Crippen molar-refractivity contribution in [2.75, 3.05) is 7.11 Å². The van der Waals surface area contributed by atoms with Gasteiger partial charge >= 0.3 is 0 Å². The third-order valence-corrected chi connectivity index (χ3v) is 6.99. The second kappa shape index (κ2) is 12.6. The van der Waals surface area contributed by atoms with Gasteiger partial charge in [-0.1, -0.05) is 48.5 Å². The first-order valence-electron chi connectivity index (χ1n) is 12.4. The van der Waals surface area contributed by atoms with E-state index in [4.69, 9.17) is 14.5 Å². The summed E-state index contributed by atoms with van der Waals surface area (Å²) in [7, 11) is 1.53. The lowest BCUT2D eigenvalue weighted by Crippen LogP contribution is -2.18. The van der Waals surface area contributed by atoms with Crippen molar-refractivity contribution in [2.45, 2.75) is 6.61 Å². The van der Waals surface area contributed by atoms with Gasteiger partial charge in [0.05, 0.1) is 38.6 Å². The minimum atomic E-state index is -0.444. The summed E-state index contributed by atoms with van der Waals surface area (Å²) in [4.78, 5) is 28.4. The lowest BCUT2D eigenvalue weighted by molar-refractivity contribution is -0.384. The Morgan fingerprint density at radius 3 is 2.49 bits per heavy atom. The molecule has 5 aromatic rings. The van der Waals surface area contributed by atoms with Crippen LogP contribution in [0.5, 0.6) is 11.5 Å². The fourth-order valence-electron chi connectivity index (χ4n) is 4.17. The van der Waals surface area contributed by atoms with Crippen LogP contribution in [0.2, 0.25) is 0 Å². The van der Waals surface area contributed by atoms with Crippen LogP contribution in [0.1, 0.15) is 21.5 Å². The normalized spacial score (nSPS) is 11.0. The number of hydrazone groups is 1. The molecule has 0 fully saturated rings. The van der Waals surface area contributed by atoms with Crippen molar-refractivity contribution < 1.29 is 19.2 Å². The number of nitro groups is 1. The molecule has 0 aliphatic carbocycles. The number of benzene rings is 4. The fraction of sp³-hybridized carbons (Fsp3) is 0.0645. The molecule has 9 nitrogen and oxygen atoms in total. The number of para-hydroxylation sites is 1. The average Bonchev–Trinajstić information content (AvgIpc) is 3.00. The maximum Gasteiger partial charge on any atom is 0.272 e. The standard InChI is InChI=1S/C31H23IN4O5/c1-40-29-16-21(15-26(32)30(29)41-19-20-11-13-23(14-12-20)36(38)39)18-33-35-31(37)25-17-28(22-7-3-2-4-8-22)34-27-10-6-5-9-24(25)27/h2-18H,19H2,1H3,(H,35,37)/b33-18+. The zero-order valence-electron chi connectivity index (χ0n) is 21.8. The van der Waals surface area contributed by atoms with E-state index in [9.17, 15) is 14.9 Å². The number of methoxy groups -OCH3 is 1. The molecular weight excluding hydrogens is 635 g/mol. The highest BCUT2D eigenvalue weighted by atomic mass is 127. The number of aromatic nitrogens is 1. The average molecular weight is 658 g/mol. The molecule has 0 aliphatic rings. The first-order chi connectivity index (χ1) is 19.9. The molecule has 4 aromatic carbocycles. The molecule has 1 N–H and O–H groups in total. The summed E-state index contributed by atoms with van der Waals surface area (Å²) in [6.07, 6.45) is 1.53. The van der Waals surface area contributed by atoms with Gasteiger partial charge in [0.1, 0.15) is 6.61 Å². The van der Waals surface area contributed by atoms with Crippen LogP contribution in [-0.4, -0.2) is 29.1 Å². The number of carbonyl (C=O) groups excluding carboxylic acids is 1. The Bertz CT molecular complexity index is 1760. The van der Waals surface area contributed by atoms with Crippen molar-refractivity contribution in [2.24, 2.45) is 5.10 Å². The Morgan fingerprint density at radius 1 is 1.02 bits per heavy atom. The maximum absolute atomic E-state index is 13.2. The number of ether oxygens (including phenoxy) is 2. The molecule has 0 aliphatic heterocycles. The number of nitrogens with one attached hydrogen (secondary N) is 1. The number of rotatable bonds is 9. The lowest BCUT2D eigenvalue weighted by atomic mass is 10.0. The number of nitro benzene ring substituents is 1. The van der Waals surface area contributed by atoms with Crippen molar-refractivity contribution in [3.63, 3.8) is 0 Å². The Morgan fingerprint density at radius 2 is 1.76 bits per heavy atom. The first-order valence-corrected chi connectivity index (χ1v) is 13.5. The predicted molar refractivity (Wildman–Crippen MR) is 165 cm³/mol. The second-order valence-electron chi connectivity index (χ2n) is 8.88. The second-order valence-corrected chi connectivity index (χ2v) is 10.0. The van der Waals surface area contributed by atoms with Gasteiger partial charge in [-0.05, 0) is 70.1 Å². The molecule has 0 saturated carbocycles. The number of halogens is 1. The molecule has 0 atom stereocenters. The van der Waals surface area contributed by atoms with Crippen LogP contribution in [0, 0.1) is 13.7 Å². The summed E-state index contributed by atoms with van der Waals surface area (Å²) in [5.41, 5.74) is 6.91. The van der Waals surface area contributed by atoms with E-state index >= 15 is 0 Å². The van der Waals surface area contributed by atoms with Crippen LogP contribution in [0.4, 0.5) is 5.69 Å². The van der Waals surface area contributed by atoms with Crippen LogP contribution in [0.3, 0.4) is 0 Å². The van der Waals surface area contributed by atoms with Gasteiger partial charge in [-0.25, -0.2) is 10.4 Å². The van der Waals surface area contributed by atoms with Gasteiger partial charge in [0.15, 0.2) is 11.5 Å². The first kappa shape index (κ1) is 27.7. The minimum Gasteiger partial charge on any atom is -0.493 e. The quantitative estimate of drug-likeness (QED) is 0.0810. The van der Waals surface area contributed by atoms with E-state index < -0.39 is 4.92 Å². The number of hydrogen-bond donors (Lipinski definition) is 1. The zero-order chi connectivity index (χ0) is 28.8. The van der Waals surface area contributed by atoms with Crippen LogP contribution < -0.4 is 14.9 Å². The number of hydrogen-bond acceptors (Lipinski definition) is 7. The van der Waals surface area contributed by atoms with E-state index in [0.29, 0.717) is 33.8 Å². The van der Waals surface area contributed by atoms with Crippen LogP contribution in [0.25, 0.3) is 22.2 Å². The van der Waals surface area contributed by atoms with Gasteiger partial charge in [0, 0.05) is 23.1 Å². The number of amides is 1. The number of fused-ring (bicyclic) bond motifs is 1. The number of nitrogens with zero attached hydrogens (tertiary/aromatic N) is 3. The highest BCUT2D eigenvalue weighted by Gasteiger charge is 2.15. The largest absolute Gasteiger partial charge is 0.493 e. The van der Waals surface area contributed by atoms with Crippen molar-refractivity contribution in [3.05, 3.63) is 127 Å². The minimum absolute atomic E-state index is 0.0189. The van der Waals surface area contributed by atoms with Gasteiger partial charge in [0.2, 0.25) is 0 Å². The molecule has 41 heavy (non-hydrogen) atoms. The number of pyridine rings is 1. The molecule has 10 heteroatoms. The maximum atomic E-state index is 13.2. The Hall–Kier alpha value is -4.84. The molecule has 204 valence electrons. The summed E-state index contributed by atoms with van der Waals surface area (Å²) >= 11 is 2.13. The number of carbonyl (C=O) groups is 1. The van der Waals surface area contributed by atoms with E-state index in [-0.39, 0.29) is 18.2 Å².